The summed E-state index contributed by atoms with van der Waals surface area (Å²) < 4.78 is 55.4. The summed E-state index contributed by atoms with van der Waals surface area (Å²) in [6, 6.07) is 17.8. The Morgan fingerprint density at radius 3 is 2.39 bits per heavy atom. The minimum Gasteiger partial charge on any atom is -0.326 e. The van der Waals surface area contributed by atoms with Crippen LogP contribution in [0.25, 0.3) is 11.1 Å². The zero-order valence-electron chi connectivity index (χ0n) is 19.8. The number of piperidine rings is 1. The zero-order chi connectivity index (χ0) is 25.7. The van der Waals surface area contributed by atoms with Gasteiger partial charge < -0.3 is 16.0 Å². The van der Waals surface area contributed by atoms with Crippen molar-refractivity contribution in [3.8, 4) is 11.1 Å². The highest BCUT2D eigenvalue weighted by molar-refractivity contribution is 5.97. The first-order valence-corrected chi connectivity index (χ1v) is 12.0. The van der Waals surface area contributed by atoms with Crippen LogP contribution in [-0.2, 0) is 24.3 Å². The molecule has 0 aromatic heterocycles. The Morgan fingerprint density at radius 2 is 1.67 bits per heavy atom. The molecule has 8 heteroatoms. The SMILES string of the molecule is NCc1cccc(-c2cc(CN(C(=O)C(F)(F)F)c3cccc(CC4CCNCC4)c3)ccc2F)c1. The first-order valence-electron chi connectivity index (χ1n) is 12.0. The molecule has 0 radical (unpaired) electrons. The standard InChI is InChI=1S/C28H29F4N3O/c29-26-8-7-22(16-25(26)23-5-1-4-21(14-23)17-33)18-35(27(36)28(30,31)32)24-6-2-3-20(15-24)13-19-9-11-34-12-10-19/h1-8,14-16,19,34H,9-13,17-18,33H2. The first kappa shape index (κ1) is 25.9. The molecule has 1 aliphatic rings. The molecule has 3 N–H and O–H groups in total. The third-order valence-corrected chi connectivity index (χ3v) is 6.54. The second-order valence-corrected chi connectivity index (χ2v) is 9.18. The smallest absolute Gasteiger partial charge is 0.326 e. The third kappa shape index (κ3) is 6.30. The lowest BCUT2D eigenvalue weighted by atomic mass is 9.91. The van der Waals surface area contributed by atoms with Crippen LogP contribution in [-0.4, -0.2) is 25.2 Å². The van der Waals surface area contributed by atoms with E-state index in [9.17, 15) is 22.4 Å². The van der Waals surface area contributed by atoms with Crippen LogP contribution in [0.4, 0.5) is 23.2 Å². The Hall–Kier alpha value is -3.23. The molecule has 3 aromatic rings. The summed E-state index contributed by atoms with van der Waals surface area (Å²) in [6.07, 6.45) is -2.32. The van der Waals surface area contributed by atoms with Gasteiger partial charge in [-0.25, -0.2) is 4.39 Å². The van der Waals surface area contributed by atoms with Crippen molar-refractivity contribution in [2.45, 2.75) is 38.5 Å². The molecule has 0 unspecified atom stereocenters. The summed E-state index contributed by atoms with van der Waals surface area (Å²) in [5.41, 5.74) is 8.73. The van der Waals surface area contributed by atoms with Crippen molar-refractivity contribution in [1.29, 1.82) is 0 Å². The predicted molar refractivity (Wildman–Crippen MR) is 133 cm³/mol. The summed E-state index contributed by atoms with van der Waals surface area (Å²) in [7, 11) is 0. The Kier molecular flexibility index (Phi) is 8.06. The van der Waals surface area contributed by atoms with Crippen molar-refractivity contribution in [2.75, 3.05) is 18.0 Å². The quantitative estimate of drug-likeness (QED) is 0.417. The van der Waals surface area contributed by atoms with E-state index in [0.717, 1.165) is 48.4 Å². The van der Waals surface area contributed by atoms with Gasteiger partial charge in [0.05, 0.1) is 6.54 Å². The van der Waals surface area contributed by atoms with Gasteiger partial charge in [-0.05, 0) is 90.9 Å². The molecule has 1 fully saturated rings. The lowest BCUT2D eigenvalue weighted by molar-refractivity contribution is -0.170. The molecular formula is C28H29F4N3O. The molecule has 4 rings (SSSR count). The van der Waals surface area contributed by atoms with Crippen molar-refractivity contribution in [1.82, 2.24) is 5.32 Å². The first-order chi connectivity index (χ1) is 17.2. The van der Waals surface area contributed by atoms with Gasteiger partial charge in [0, 0.05) is 17.8 Å². The van der Waals surface area contributed by atoms with Crippen LogP contribution < -0.4 is 16.0 Å². The lowest BCUT2D eigenvalue weighted by Gasteiger charge is -2.26. The Labute approximate surface area is 208 Å². The number of nitrogens with zero attached hydrogens (tertiary/aromatic N) is 1. The fraction of sp³-hybridized carbons (Fsp3) is 0.321. The van der Waals surface area contributed by atoms with Gasteiger partial charge in [-0.2, -0.15) is 13.2 Å². The molecule has 190 valence electrons. The normalized spacial score (nSPS) is 14.6. The van der Waals surface area contributed by atoms with Gasteiger partial charge in [-0.3, -0.25) is 4.79 Å². The van der Waals surface area contributed by atoms with Crippen molar-refractivity contribution >= 4 is 11.6 Å². The van der Waals surface area contributed by atoms with Crippen LogP contribution >= 0.6 is 0 Å². The van der Waals surface area contributed by atoms with Crippen LogP contribution in [0.2, 0.25) is 0 Å². The molecule has 0 bridgehead atoms. The number of alkyl halides is 3. The summed E-state index contributed by atoms with van der Waals surface area (Å²) in [4.78, 5) is 13.2. The molecule has 36 heavy (non-hydrogen) atoms. The van der Waals surface area contributed by atoms with Crippen LogP contribution in [0.3, 0.4) is 0 Å². The number of carbonyl (C=O) groups excluding carboxylic acids is 1. The van der Waals surface area contributed by atoms with Gasteiger partial charge in [0.15, 0.2) is 0 Å². The van der Waals surface area contributed by atoms with E-state index in [1.807, 2.05) is 12.1 Å². The predicted octanol–water partition coefficient (Wildman–Crippen LogP) is 5.59. The Balaban J connectivity index is 1.65. The molecule has 3 aromatic carbocycles. The topological polar surface area (TPSA) is 58.4 Å². The average Bonchev–Trinajstić information content (AvgIpc) is 2.88. The average molecular weight is 500 g/mol. The molecule has 0 aliphatic carbocycles. The number of nitrogens with two attached hydrogens (primary N) is 1. The second-order valence-electron chi connectivity index (χ2n) is 9.18. The molecule has 4 nitrogen and oxygen atoms in total. The van der Waals surface area contributed by atoms with Crippen LogP contribution in [0, 0.1) is 11.7 Å². The minimum absolute atomic E-state index is 0.166. The largest absolute Gasteiger partial charge is 0.471 e. The molecule has 0 saturated carbocycles. The maximum atomic E-state index is 14.7. The van der Waals surface area contributed by atoms with Gasteiger partial charge in [0.2, 0.25) is 0 Å². The lowest BCUT2D eigenvalue weighted by Crippen LogP contribution is -2.41. The summed E-state index contributed by atoms with van der Waals surface area (Å²) >= 11 is 0. The molecule has 0 spiro atoms. The van der Waals surface area contributed by atoms with Crippen molar-refractivity contribution < 1.29 is 22.4 Å². The van der Waals surface area contributed by atoms with E-state index in [2.05, 4.69) is 5.32 Å². The maximum absolute atomic E-state index is 14.7. The van der Waals surface area contributed by atoms with Gasteiger partial charge >= 0.3 is 12.1 Å². The number of carbonyl (C=O) groups is 1. The number of hydrogen-bond donors (Lipinski definition) is 2. The highest BCUT2D eigenvalue weighted by Crippen LogP contribution is 2.30. The van der Waals surface area contributed by atoms with E-state index < -0.39 is 17.9 Å². The van der Waals surface area contributed by atoms with E-state index in [1.54, 1.807) is 30.3 Å². The molecule has 1 aliphatic heterocycles. The Morgan fingerprint density at radius 1 is 0.944 bits per heavy atom. The molecule has 1 heterocycles. The van der Waals surface area contributed by atoms with Crippen molar-refractivity contribution in [3.05, 3.63) is 89.2 Å². The van der Waals surface area contributed by atoms with Gasteiger partial charge in [-0.15, -0.1) is 0 Å². The highest BCUT2D eigenvalue weighted by Gasteiger charge is 2.43. The summed E-state index contributed by atoms with van der Waals surface area (Å²) in [5, 5.41) is 3.30. The zero-order valence-corrected chi connectivity index (χ0v) is 19.8. The summed E-state index contributed by atoms with van der Waals surface area (Å²) in [5.74, 6) is -2.03. The number of nitrogens with one attached hydrogen (secondary N) is 1. The highest BCUT2D eigenvalue weighted by atomic mass is 19.4. The van der Waals surface area contributed by atoms with E-state index in [1.165, 1.54) is 24.3 Å². The fourth-order valence-corrected chi connectivity index (χ4v) is 4.64. The van der Waals surface area contributed by atoms with Crippen molar-refractivity contribution in [2.24, 2.45) is 11.7 Å². The van der Waals surface area contributed by atoms with Gasteiger partial charge in [-0.1, -0.05) is 36.4 Å². The minimum atomic E-state index is -5.05. The molecular weight excluding hydrogens is 470 g/mol. The number of amides is 1. The van der Waals surface area contributed by atoms with E-state index in [4.69, 9.17) is 5.73 Å². The second kappa shape index (κ2) is 11.2. The third-order valence-electron chi connectivity index (χ3n) is 6.54. The van der Waals surface area contributed by atoms with Crippen LogP contribution in [0.5, 0.6) is 0 Å². The summed E-state index contributed by atoms with van der Waals surface area (Å²) in [6.45, 7) is 1.77. The van der Waals surface area contributed by atoms with Crippen LogP contribution in [0.1, 0.15) is 29.5 Å². The van der Waals surface area contributed by atoms with E-state index in [-0.39, 0.29) is 24.3 Å². The molecule has 0 atom stereocenters. The Bertz CT molecular complexity index is 1210. The monoisotopic (exact) mass is 499 g/mol. The number of hydrogen-bond acceptors (Lipinski definition) is 3. The van der Waals surface area contributed by atoms with Crippen molar-refractivity contribution in [3.63, 3.8) is 0 Å². The number of anilines is 1. The van der Waals surface area contributed by atoms with Crippen LogP contribution in [0.15, 0.2) is 66.7 Å². The number of halogens is 4. The van der Waals surface area contributed by atoms with E-state index >= 15 is 0 Å². The maximum Gasteiger partial charge on any atom is 0.471 e. The number of benzene rings is 3. The number of rotatable bonds is 7. The fourth-order valence-electron chi connectivity index (χ4n) is 4.64. The molecule has 1 amide bonds. The van der Waals surface area contributed by atoms with Gasteiger partial charge in [0.1, 0.15) is 5.82 Å². The van der Waals surface area contributed by atoms with E-state index in [0.29, 0.717) is 17.0 Å². The van der Waals surface area contributed by atoms with Gasteiger partial charge in [0.25, 0.3) is 0 Å². The molecule has 1 saturated heterocycles.